The topological polar surface area (TPSA) is 92.3 Å². The van der Waals surface area contributed by atoms with Crippen molar-refractivity contribution in [3.8, 4) is 11.5 Å². The van der Waals surface area contributed by atoms with Crippen LogP contribution in [-0.2, 0) is 10.0 Å². The van der Waals surface area contributed by atoms with Gasteiger partial charge in [-0.25, -0.2) is 12.7 Å². The van der Waals surface area contributed by atoms with E-state index >= 15 is 0 Å². The largest absolute Gasteiger partial charge is 0.493 e. The van der Waals surface area contributed by atoms with Crippen molar-refractivity contribution in [3.63, 3.8) is 0 Å². The summed E-state index contributed by atoms with van der Waals surface area (Å²) in [6.07, 6.45) is 1.90. The summed E-state index contributed by atoms with van der Waals surface area (Å²) < 4.78 is 35.4. The van der Waals surface area contributed by atoms with Gasteiger partial charge in [0.1, 0.15) is 0 Å². The molecular formula is C17H30N4O4S. The molecule has 0 aromatic heterocycles. The van der Waals surface area contributed by atoms with Crippen LogP contribution >= 0.6 is 0 Å². The molecule has 0 aliphatic heterocycles. The third-order valence-electron chi connectivity index (χ3n) is 3.65. The highest BCUT2D eigenvalue weighted by molar-refractivity contribution is 7.88. The van der Waals surface area contributed by atoms with Gasteiger partial charge in [0.05, 0.1) is 20.0 Å². The van der Waals surface area contributed by atoms with E-state index in [0.29, 0.717) is 50.1 Å². The smallest absolute Gasteiger partial charge is 0.211 e. The molecule has 0 aliphatic rings. The molecule has 0 unspecified atom stereocenters. The average molecular weight is 387 g/mol. The van der Waals surface area contributed by atoms with E-state index in [0.717, 1.165) is 5.69 Å². The van der Waals surface area contributed by atoms with Crippen LogP contribution in [0.15, 0.2) is 23.2 Å². The molecule has 0 fully saturated rings. The van der Waals surface area contributed by atoms with Gasteiger partial charge in [-0.15, -0.1) is 0 Å². The normalized spacial score (nSPS) is 12.2. The molecule has 1 rings (SSSR count). The van der Waals surface area contributed by atoms with Gasteiger partial charge in [-0.2, -0.15) is 0 Å². The second kappa shape index (κ2) is 10.9. The number of hydrogen-bond donors (Lipinski definition) is 2. The number of ether oxygens (including phenoxy) is 2. The lowest BCUT2D eigenvalue weighted by molar-refractivity contribution is 0.311. The minimum absolute atomic E-state index is 0.468. The Morgan fingerprint density at radius 2 is 2.00 bits per heavy atom. The highest BCUT2D eigenvalue weighted by Crippen LogP contribution is 2.30. The zero-order valence-corrected chi connectivity index (χ0v) is 17.0. The molecule has 0 heterocycles. The monoisotopic (exact) mass is 386 g/mol. The van der Waals surface area contributed by atoms with Gasteiger partial charge in [0.15, 0.2) is 17.5 Å². The summed E-state index contributed by atoms with van der Waals surface area (Å²) in [4.78, 5) is 4.17. The quantitative estimate of drug-likeness (QED) is 0.362. The summed E-state index contributed by atoms with van der Waals surface area (Å²) >= 11 is 0. The summed E-state index contributed by atoms with van der Waals surface area (Å²) in [6, 6.07) is 5.55. The van der Waals surface area contributed by atoms with E-state index in [1.165, 1.54) is 10.6 Å². The van der Waals surface area contributed by atoms with Gasteiger partial charge >= 0.3 is 0 Å². The van der Waals surface area contributed by atoms with Crippen LogP contribution in [0.25, 0.3) is 0 Å². The molecule has 148 valence electrons. The van der Waals surface area contributed by atoms with E-state index in [2.05, 4.69) is 15.6 Å². The molecule has 1 aromatic carbocycles. The Kier molecular flexibility index (Phi) is 9.22. The Morgan fingerprint density at radius 3 is 2.54 bits per heavy atom. The third kappa shape index (κ3) is 7.09. The fourth-order valence-corrected chi connectivity index (χ4v) is 3.29. The summed E-state index contributed by atoms with van der Waals surface area (Å²) in [5.41, 5.74) is 0.810. The number of nitrogens with one attached hydrogen (secondary N) is 2. The van der Waals surface area contributed by atoms with Gasteiger partial charge in [0.2, 0.25) is 10.0 Å². The zero-order valence-electron chi connectivity index (χ0n) is 16.2. The standard InChI is InChI=1S/C17H30N4O4S/c1-6-21(26(5,22)23)12-8-11-19-17(18-3)20-14-9-10-15(25-7-2)16(13-14)24-4/h9-10,13H,6-8,11-12H2,1-5H3,(H2,18,19,20). The number of aliphatic imine (C=N–C) groups is 1. The summed E-state index contributed by atoms with van der Waals surface area (Å²) in [7, 11) is 0.117. The van der Waals surface area contributed by atoms with Gasteiger partial charge in [0.25, 0.3) is 0 Å². The highest BCUT2D eigenvalue weighted by atomic mass is 32.2. The Morgan fingerprint density at radius 1 is 1.27 bits per heavy atom. The van der Waals surface area contributed by atoms with E-state index in [4.69, 9.17) is 9.47 Å². The molecular weight excluding hydrogens is 356 g/mol. The van der Waals surface area contributed by atoms with Crippen LogP contribution in [0.3, 0.4) is 0 Å². The minimum Gasteiger partial charge on any atom is -0.493 e. The van der Waals surface area contributed by atoms with Crippen LogP contribution in [0.5, 0.6) is 11.5 Å². The Bertz CT molecular complexity index is 692. The number of hydrogen-bond acceptors (Lipinski definition) is 5. The SMILES string of the molecule is CCOc1ccc(NC(=NC)NCCCN(CC)S(C)(=O)=O)cc1OC. The van der Waals surface area contributed by atoms with E-state index in [1.54, 1.807) is 14.2 Å². The lowest BCUT2D eigenvalue weighted by atomic mass is 10.2. The van der Waals surface area contributed by atoms with Gasteiger partial charge in [0, 0.05) is 38.4 Å². The molecule has 0 saturated carbocycles. The number of sulfonamides is 1. The van der Waals surface area contributed by atoms with Crippen molar-refractivity contribution in [1.82, 2.24) is 9.62 Å². The van der Waals surface area contributed by atoms with Crippen molar-refractivity contribution in [2.24, 2.45) is 4.99 Å². The number of guanidine groups is 1. The molecule has 0 atom stereocenters. The van der Waals surface area contributed by atoms with Crippen LogP contribution < -0.4 is 20.1 Å². The first kappa shape index (κ1) is 22.0. The van der Waals surface area contributed by atoms with Crippen LogP contribution in [0.1, 0.15) is 20.3 Å². The molecule has 9 heteroatoms. The first-order chi connectivity index (χ1) is 12.3. The van der Waals surface area contributed by atoms with Crippen molar-refractivity contribution in [2.45, 2.75) is 20.3 Å². The molecule has 0 bridgehead atoms. The summed E-state index contributed by atoms with van der Waals surface area (Å²) in [5, 5.41) is 6.35. The van der Waals surface area contributed by atoms with Gasteiger partial charge < -0.3 is 20.1 Å². The van der Waals surface area contributed by atoms with E-state index < -0.39 is 10.0 Å². The van der Waals surface area contributed by atoms with E-state index in [9.17, 15) is 8.42 Å². The Hall–Kier alpha value is -2.00. The Balaban J connectivity index is 2.58. The number of benzene rings is 1. The summed E-state index contributed by atoms with van der Waals surface area (Å²) in [6.45, 7) is 5.84. The maximum Gasteiger partial charge on any atom is 0.211 e. The predicted octanol–water partition coefficient (Wildman–Crippen LogP) is 1.75. The second-order valence-electron chi connectivity index (χ2n) is 5.53. The molecule has 1 aromatic rings. The number of methoxy groups -OCH3 is 1. The maximum atomic E-state index is 11.6. The predicted molar refractivity (Wildman–Crippen MR) is 106 cm³/mol. The zero-order chi connectivity index (χ0) is 19.6. The fourth-order valence-electron chi connectivity index (χ4n) is 2.36. The van der Waals surface area contributed by atoms with Crippen LogP contribution in [0.4, 0.5) is 5.69 Å². The first-order valence-corrected chi connectivity index (χ1v) is 10.4. The van der Waals surface area contributed by atoms with Crippen molar-refractivity contribution >= 4 is 21.7 Å². The van der Waals surface area contributed by atoms with Crippen molar-refractivity contribution < 1.29 is 17.9 Å². The van der Waals surface area contributed by atoms with Crippen molar-refractivity contribution in [3.05, 3.63) is 18.2 Å². The lowest BCUT2D eigenvalue weighted by Gasteiger charge is -2.18. The number of nitrogens with zero attached hydrogens (tertiary/aromatic N) is 2. The van der Waals surface area contributed by atoms with Crippen LogP contribution in [-0.4, -0.2) is 65.3 Å². The highest BCUT2D eigenvalue weighted by Gasteiger charge is 2.13. The van der Waals surface area contributed by atoms with Crippen molar-refractivity contribution in [2.75, 3.05) is 52.0 Å². The molecule has 0 saturated heterocycles. The second-order valence-corrected chi connectivity index (χ2v) is 7.51. The molecule has 2 N–H and O–H groups in total. The van der Waals surface area contributed by atoms with Crippen molar-refractivity contribution in [1.29, 1.82) is 0 Å². The third-order valence-corrected chi connectivity index (χ3v) is 5.03. The molecule has 8 nitrogen and oxygen atoms in total. The number of rotatable bonds is 10. The van der Waals surface area contributed by atoms with Gasteiger partial charge in [-0.1, -0.05) is 6.92 Å². The lowest BCUT2D eigenvalue weighted by Crippen LogP contribution is -2.35. The molecule has 0 spiro atoms. The minimum atomic E-state index is -3.15. The molecule has 0 aliphatic carbocycles. The van der Waals surface area contributed by atoms with Gasteiger partial charge in [-0.3, -0.25) is 4.99 Å². The number of anilines is 1. The first-order valence-electron chi connectivity index (χ1n) is 8.59. The Labute approximate surface area is 156 Å². The summed E-state index contributed by atoms with van der Waals surface area (Å²) in [5.74, 6) is 1.92. The van der Waals surface area contributed by atoms with E-state index in [-0.39, 0.29) is 0 Å². The molecule has 26 heavy (non-hydrogen) atoms. The van der Waals surface area contributed by atoms with Crippen LogP contribution in [0.2, 0.25) is 0 Å². The van der Waals surface area contributed by atoms with E-state index in [1.807, 2.05) is 32.0 Å². The molecule has 0 radical (unpaired) electrons. The molecule has 0 amide bonds. The van der Waals surface area contributed by atoms with Crippen LogP contribution in [0, 0.1) is 0 Å². The maximum absolute atomic E-state index is 11.6. The van der Waals surface area contributed by atoms with Gasteiger partial charge in [-0.05, 0) is 25.5 Å². The fraction of sp³-hybridized carbons (Fsp3) is 0.588. The average Bonchev–Trinajstić information content (AvgIpc) is 2.60.